The summed E-state index contributed by atoms with van der Waals surface area (Å²) in [6, 6.07) is 3.36. The van der Waals surface area contributed by atoms with Gasteiger partial charge in [0.1, 0.15) is 0 Å². The van der Waals surface area contributed by atoms with Crippen LogP contribution in [-0.4, -0.2) is 15.0 Å². The molecule has 0 saturated heterocycles. The Balaban J connectivity index is 2.99. The Morgan fingerprint density at radius 3 is 3.17 bits per heavy atom. The number of hydrogen-bond donors (Lipinski definition) is 2. The van der Waals surface area contributed by atoms with Crippen molar-refractivity contribution in [1.29, 1.82) is 0 Å². The van der Waals surface area contributed by atoms with Crippen molar-refractivity contribution in [2.24, 2.45) is 0 Å². The Morgan fingerprint density at radius 1 is 1.50 bits per heavy atom. The number of aromatic nitrogens is 3. The summed E-state index contributed by atoms with van der Waals surface area (Å²) in [5.41, 5.74) is 0.212. The van der Waals surface area contributed by atoms with Gasteiger partial charge in [0.2, 0.25) is 0 Å². The van der Waals surface area contributed by atoms with E-state index in [-0.39, 0.29) is 10.7 Å². The summed E-state index contributed by atoms with van der Waals surface area (Å²) in [5, 5.41) is 0.765. The Kier molecular flexibility index (Phi) is 1.58. The van der Waals surface area contributed by atoms with Gasteiger partial charge < -0.3 is 4.98 Å². The summed E-state index contributed by atoms with van der Waals surface area (Å²) in [6.07, 6.45) is 1.59. The standard InChI is InChI=1S/C7H5N3OS/c11-6-4-2-1-3-8-5(4)9-7(12)10-6/h1-3H,(H2,8,9,10,11,12). The van der Waals surface area contributed by atoms with Gasteiger partial charge in [-0.15, -0.1) is 12.6 Å². The van der Waals surface area contributed by atoms with Crippen LogP contribution >= 0.6 is 12.6 Å². The SMILES string of the molecule is O=c1[nH]c(S)nc2ncccc12. The van der Waals surface area contributed by atoms with Crippen molar-refractivity contribution in [2.45, 2.75) is 5.16 Å². The highest BCUT2D eigenvalue weighted by Gasteiger charge is 1.99. The van der Waals surface area contributed by atoms with E-state index in [1.165, 1.54) is 0 Å². The first-order valence-corrected chi connectivity index (χ1v) is 3.76. The van der Waals surface area contributed by atoms with Gasteiger partial charge in [-0.05, 0) is 12.1 Å². The monoisotopic (exact) mass is 179 g/mol. The first kappa shape index (κ1) is 7.30. The molecule has 1 N–H and O–H groups in total. The van der Waals surface area contributed by atoms with E-state index >= 15 is 0 Å². The van der Waals surface area contributed by atoms with Crippen LogP contribution in [-0.2, 0) is 0 Å². The van der Waals surface area contributed by atoms with Gasteiger partial charge in [-0.25, -0.2) is 9.97 Å². The lowest BCUT2D eigenvalue weighted by molar-refractivity contribution is 0.968. The van der Waals surface area contributed by atoms with Crippen molar-refractivity contribution in [1.82, 2.24) is 15.0 Å². The fourth-order valence-electron chi connectivity index (χ4n) is 0.960. The zero-order chi connectivity index (χ0) is 8.55. The second-order valence-corrected chi connectivity index (χ2v) is 2.69. The molecule has 0 atom stereocenters. The van der Waals surface area contributed by atoms with Crippen molar-refractivity contribution in [3.8, 4) is 0 Å². The molecule has 0 saturated carbocycles. The predicted octanol–water partition coefficient (Wildman–Crippen LogP) is 0.607. The molecule has 0 unspecified atom stereocenters. The number of fused-ring (bicyclic) bond motifs is 1. The van der Waals surface area contributed by atoms with Crippen LogP contribution < -0.4 is 5.56 Å². The second kappa shape index (κ2) is 2.60. The maximum atomic E-state index is 11.2. The van der Waals surface area contributed by atoms with E-state index in [1.54, 1.807) is 18.3 Å². The van der Waals surface area contributed by atoms with Gasteiger partial charge in [0.05, 0.1) is 5.39 Å². The molecule has 0 bridgehead atoms. The van der Waals surface area contributed by atoms with Crippen LogP contribution in [0, 0.1) is 0 Å². The number of rotatable bonds is 0. The van der Waals surface area contributed by atoms with E-state index in [9.17, 15) is 4.79 Å². The molecule has 0 aromatic carbocycles. The third kappa shape index (κ3) is 1.08. The van der Waals surface area contributed by atoms with Crippen LogP contribution in [0.25, 0.3) is 11.0 Å². The molecule has 2 aromatic rings. The molecular weight excluding hydrogens is 174 g/mol. The number of thiol groups is 1. The number of hydrogen-bond acceptors (Lipinski definition) is 4. The number of pyridine rings is 1. The Hall–Kier alpha value is -1.36. The Bertz CT molecular complexity index is 479. The first-order valence-electron chi connectivity index (χ1n) is 3.31. The molecule has 0 aliphatic heterocycles. The van der Waals surface area contributed by atoms with E-state index in [0.717, 1.165) is 0 Å². The Morgan fingerprint density at radius 2 is 2.33 bits per heavy atom. The normalized spacial score (nSPS) is 10.4. The van der Waals surface area contributed by atoms with Crippen LogP contribution in [0.3, 0.4) is 0 Å². The summed E-state index contributed by atoms with van der Waals surface area (Å²) in [5.74, 6) is 0. The van der Waals surface area contributed by atoms with Gasteiger partial charge in [0.15, 0.2) is 10.8 Å². The third-order valence-corrected chi connectivity index (χ3v) is 1.68. The highest BCUT2D eigenvalue weighted by Crippen LogP contribution is 2.03. The topological polar surface area (TPSA) is 58.6 Å². The number of aromatic amines is 1. The lowest BCUT2D eigenvalue weighted by atomic mass is 10.3. The van der Waals surface area contributed by atoms with Crippen molar-refractivity contribution in [2.75, 3.05) is 0 Å². The van der Waals surface area contributed by atoms with E-state index in [0.29, 0.717) is 11.0 Å². The highest BCUT2D eigenvalue weighted by molar-refractivity contribution is 7.80. The highest BCUT2D eigenvalue weighted by atomic mass is 32.1. The zero-order valence-corrected chi connectivity index (χ0v) is 6.88. The molecule has 60 valence electrons. The fraction of sp³-hybridized carbons (Fsp3) is 0. The molecule has 2 aromatic heterocycles. The molecule has 0 radical (unpaired) electrons. The minimum absolute atomic E-state index is 0.210. The predicted molar refractivity (Wildman–Crippen MR) is 47.4 cm³/mol. The molecule has 2 heterocycles. The maximum Gasteiger partial charge on any atom is 0.261 e. The van der Waals surface area contributed by atoms with Crippen LogP contribution in [0.1, 0.15) is 0 Å². The summed E-state index contributed by atoms with van der Waals surface area (Å²) < 4.78 is 0. The molecule has 4 nitrogen and oxygen atoms in total. The van der Waals surface area contributed by atoms with Crippen LogP contribution in [0.4, 0.5) is 0 Å². The van der Waals surface area contributed by atoms with E-state index < -0.39 is 0 Å². The van der Waals surface area contributed by atoms with Crippen LogP contribution in [0.15, 0.2) is 28.3 Å². The molecule has 0 fully saturated rings. The van der Waals surface area contributed by atoms with Crippen molar-refractivity contribution in [3.05, 3.63) is 28.7 Å². The van der Waals surface area contributed by atoms with Gasteiger partial charge in [0.25, 0.3) is 5.56 Å². The molecule has 0 spiro atoms. The average Bonchev–Trinajstić information content (AvgIpc) is 2.04. The second-order valence-electron chi connectivity index (χ2n) is 2.26. The van der Waals surface area contributed by atoms with Gasteiger partial charge in [-0.3, -0.25) is 4.79 Å². The molecule has 0 aliphatic carbocycles. The van der Waals surface area contributed by atoms with Gasteiger partial charge in [-0.2, -0.15) is 0 Å². The first-order chi connectivity index (χ1) is 5.77. The summed E-state index contributed by atoms with van der Waals surface area (Å²) in [7, 11) is 0. The van der Waals surface area contributed by atoms with Crippen LogP contribution in [0.5, 0.6) is 0 Å². The maximum absolute atomic E-state index is 11.2. The van der Waals surface area contributed by atoms with Crippen molar-refractivity contribution < 1.29 is 0 Å². The van der Waals surface area contributed by atoms with Gasteiger partial charge in [0, 0.05) is 6.20 Å². The molecule has 2 rings (SSSR count). The third-order valence-electron chi connectivity index (χ3n) is 1.47. The largest absolute Gasteiger partial charge is 0.301 e. The summed E-state index contributed by atoms with van der Waals surface area (Å²) in [6.45, 7) is 0. The summed E-state index contributed by atoms with van der Waals surface area (Å²) >= 11 is 3.92. The van der Waals surface area contributed by atoms with Gasteiger partial charge >= 0.3 is 0 Å². The van der Waals surface area contributed by atoms with E-state index in [1.807, 2.05) is 0 Å². The van der Waals surface area contributed by atoms with Crippen molar-refractivity contribution >= 4 is 23.7 Å². The summed E-state index contributed by atoms with van der Waals surface area (Å²) in [4.78, 5) is 21.5. The smallest absolute Gasteiger partial charge is 0.261 e. The van der Waals surface area contributed by atoms with Gasteiger partial charge in [-0.1, -0.05) is 0 Å². The zero-order valence-electron chi connectivity index (χ0n) is 5.98. The number of nitrogens with zero attached hydrogens (tertiary/aromatic N) is 2. The fourth-order valence-corrected chi connectivity index (χ4v) is 1.16. The van der Waals surface area contributed by atoms with E-state index in [4.69, 9.17) is 0 Å². The molecular formula is C7H5N3OS. The van der Waals surface area contributed by atoms with Crippen LogP contribution in [0.2, 0.25) is 0 Å². The minimum atomic E-state index is -0.210. The quantitative estimate of drug-likeness (QED) is 0.460. The number of H-pyrrole nitrogens is 1. The lowest BCUT2D eigenvalue weighted by Gasteiger charge is -1.94. The number of nitrogens with one attached hydrogen (secondary N) is 1. The Labute approximate surface area is 73.1 Å². The van der Waals surface area contributed by atoms with E-state index in [2.05, 4.69) is 27.6 Å². The van der Waals surface area contributed by atoms with Crippen molar-refractivity contribution in [3.63, 3.8) is 0 Å². The average molecular weight is 179 g/mol. The molecule has 0 aliphatic rings. The lowest BCUT2D eigenvalue weighted by Crippen LogP contribution is -2.08. The minimum Gasteiger partial charge on any atom is -0.301 e. The molecule has 12 heavy (non-hydrogen) atoms. The molecule has 0 amide bonds. The molecule has 5 heteroatoms.